The van der Waals surface area contributed by atoms with E-state index in [4.69, 9.17) is 9.72 Å². The van der Waals surface area contributed by atoms with Crippen molar-refractivity contribution in [1.29, 1.82) is 0 Å². The molecule has 0 amide bonds. The van der Waals surface area contributed by atoms with E-state index in [1.54, 1.807) is 17.7 Å². The number of aromatic nitrogens is 2. The van der Waals surface area contributed by atoms with Gasteiger partial charge < -0.3 is 9.64 Å². The maximum atomic E-state index is 5.73. The molecule has 0 saturated carbocycles. The zero-order valence-corrected chi connectivity index (χ0v) is 14.2. The summed E-state index contributed by atoms with van der Waals surface area (Å²) in [5, 5.41) is 3.42. The Morgan fingerprint density at radius 1 is 1.04 bits per heavy atom. The molecule has 2 aliphatic rings. The van der Waals surface area contributed by atoms with Gasteiger partial charge in [-0.3, -0.25) is 0 Å². The average Bonchev–Trinajstić information content (AvgIpc) is 3.06. The lowest BCUT2D eigenvalue weighted by atomic mass is 9.88. The number of ether oxygens (including phenoxy) is 1. The summed E-state index contributed by atoms with van der Waals surface area (Å²) in [6.07, 6.45) is 3.00. The van der Waals surface area contributed by atoms with E-state index in [-0.39, 0.29) is 0 Å². The molecule has 2 fully saturated rings. The second kappa shape index (κ2) is 5.83. The van der Waals surface area contributed by atoms with Gasteiger partial charge in [0.1, 0.15) is 17.0 Å². The number of benzene rings is 1. The van der Waals surface area contributed by atoms with Crippen LogP contribution in [0.1, 0.15) is 6.42 Å². The quantitative estimate of drug-likeness (QED) is 0.712. The molecular weight excluding hydrogens is 318 g/mol. The van der Waals surface area contributed by atoms with E-state index in [9.17, 15) is 0 Å². The van der Waals surface area contributed by atoms with Crippen molar-refractivity contribution in [2.24, 2.45) is 11.8 Å². The molecule has 4 heterocycles. The number of rotatable bonds is 2. The first-order valence-electron chi connectivity index (χ1n) is 8.49. The van der Waals surface area contributed by atoms with Crippen LogP contribution >= 0.6 is 11.3 Å². The average molecular weight is 337 g/mol. The third-order valence-electron chi connectivity index (χ3n) is 5.07. The van der Waals surface area contributed by atoms with Gasteiger partial charge in [0.25, 0.3) is 0 Å². The van der Waals surface area contributed by atoms with Gasteiger partial charge in [-0.15, -0.1) is 11.3 Å². The van der Waals surface area contributed by atoms with Crippen molar-refractivity contribution in [2.45, 2.75) is 6.42 Å². The van der Waals surface area contributed by atoms with Gasteiger partial charge in [0.15, 0.2) is 0 Å². The van der Waals surface area contributed by atoms with Gasteiger partial charge in [-0.05, 0) is 12.0 Å². The van der Waals surface area contributed by atoms with E-state index in [0.717, 1.165) is 37.0 Å². The van der Waals surface area contributed by atoms with Crippen LogP contribution in [0.15, 0.2) is 42.0 Å². The Morgan fingerprint density at radius 3 is 2.62 bits per heavy atom. The highest BCUT2D eigenvalue weighted by molar-refractivity contribution is 7.17. The third-order valence-corrected chi connectivity index (χ3v) is 5.95. The van der Waals surface area contributed by atoms with Gasteiger partial charge in [-0.1, -0.05) is 30.3 Å². The van der Waals surface area contributed by atoms with Gasteiger partial charge >= 0.3 is 0 Å². The molecule has 2 aliphatic heterocycles. The monoisotopic (exact) mass is 337 g/mol. The third kappa shape index (κ3) is 2.39. The molecule has 0 radical (unpaired) electrons. The van der Waals surface area contributed by atoms with E-state index < -0.39 is 0 Å². The van der Waals surface area contributed by atoms with Crippen LogP contribution in [0.25, 0.3) is 21.3 Å². The number of thiophene rings is 1. The van der Waals surface area contributed by atoms with Gasteiger partial charge in [-0.2, -0.15) is 0 Å². The molecule has 3 aromatic rings. The molecule has 2 saturated heterocycles. The van der Waals surface area contributed by atoms with Crippen molar-refractivity contribution in [3.63, 3.8) is 0 Å². The minimum Gasteiger partial charge on any atom is -0.381 e. The number of anilines is 1. The zero-order valence-electron chi connectivity index (χ0n) is 13.4. The normalized spacial score (nSPS) is 23.6. The largest absolute Gasteiger partial charge is 0.381 e. The Morgan fingerprint density at radius 2 is 1.83 bits per heavy atom. The second-order valence-corrected chi connectivity index (χ2v) is 7.66. The highest BCUT2D eigenvalue weighted by atomic mass is 32.1. The first-order chi connectivity index (χ1) is 11.9. The zero-order chi connectivity index (χ0) is 15.9. The van der Waals surface area contributed by atoms with Gasteiger partial charge in [0.05, 0.1) is 18.6 Å². The maximum absolute atomic E-state index is 5.73. The molecule has 2 aromatic heterocycles. The van der Waals surface area contributed by atoms with Crippen LogP contribution in [0.4, 0.5) is 5.82 Å². The van der Waals surface area contributed by atoms with Gasteiger partial charge in [-0.25, -0.2) is 9.97 Å². The smallest absolute Gasteiger partial charge is 0.141 e. The van der Waals surface area contributed by atoms with Gasteiger partial charge in [0.2, 0.25) is 0 Å². The van der Waals surface area contributed by atoms with Crippen molar-refractivity contribution in [3.05, 3.63) is 42.0 Å². The predicted octanol–water partition coefficient (Wildman–Crippen LogP) is 3.83. The van der Waals surface area contributed by atoms with Crippen LogP contribution < -0.4 is 4.90 Å². The van der Waals surface area contributed by atoms with Crippen LogP contribution in [0.5, 0.6) is 0 Å². The molecule has 2 atom stereocenters. The SMILES string of the molecule is c1ccc(-c2csc3ncnc(N4C[C@H]5COC[C@@H](C5)C4)c23)cc1. The molecule has 122 valence electrons. The minimum absolute atomic E-state index is 0.626. The van der Waals surface area contributed by atoms with Crippen molar-refractivity contribution >= 4 is 27.4 Å². The molecule has 2 bridgehead atoms. The van der Waals surface area contributed by atoms with Crippen LogP contribution in [-0.2, 0) is 4.74 Å². The van der Waals surface area contributed by atoms with E-state index in [1.807, 2.05) is 0 Å². The van der Waals surface area contributed by atoms with E-state index >= 15 is 0 Å². The van der Waals surface area contributed by atoms with E-state index in [2.05, 4.69) is 45.6 Å². The van der Waals surface area contributed by atoms with Crippen LogP contribution in [0.3, 0.4) is 0 Å². The molecule has 4 nitrogen and oxygen atoms in total. The molecule has 24 heavy (non-hydrogen) atoms. The Hall–Kier alpha value is -1.98. The summed E-state index contributed by atoms with van der Waals surface area (Å²) in [5.74, 6) is 2.35. The van der Waals surface area contributed by atoms with Gasteiger partial charge in [0, 0.05) is 35.9 Å². The summed E-state index contributed by atoms with van der Waals surface area (Å²) in [6.45, 7) is 3.84. The van der Waals surface area contributed by atoms with Crippen molar-refractivity contribution in [2.75, 3.05) is 31.2 Å². The molecule has 0 N–H and O–H groups in total. The Balaban J connectivity index is 1.62. The highest BCUT2D eigenvalue weighted by Crippen LogP contribution is 2.39. The van der Waals surface area contributed by atoms with Crippen molar-refractivity contribution in [3.8, 4) is 11.1 Å². The summed E-state index contributed by atoms with van der Waals surface area (Å²) in [7, 11) is 0. The molecular formula is C19H19N3OS. The summed E-state index contributed by atoms with van der Waals surface area (Å²) < 4.78 is 5.73. The standard InChI is InChI=1S/C19H19N3OS/c1-2-4-15(5-3-1)16-11-24-19-17(16)18(20-12-21-19)22-7-13-6-14(8-22)10-23-9-13/h1-5,11-14H,6-10H2/t13-,14-/m0/s1. The number of hydrogen-bond donors (Lipinski definition) is 0. The summed E-state index contributed by atoms with van der Waals surface area (Å²) >= 11 is 1.71. The number of fused-ring (bicyclic) bond motifs is 3. The Kier molecular flexibility index (Phi) is 3.49. The molecule has 5 rings (SSSR count). The molecule has 0 spiro atoms. The fourth-order valence-electron chi connectivity index (χ4n) is 4.06. The molecule has 0 unspecified atom stereocenters. The van der Waals surface area contributed by atoms with E-state index in [1.165, 1.54) is 22.9 Å². The fourth-order valence-corrected chi connectivity index (χ4v) is 4.97. The Labute approximate surface area is 145 Å². The maximum Gasteiger partial charge on any atom is 0.141 e. The number of hydrogen-bond acceptors (Lipinski definition) is 5. The fraction of sp³-hybridized carbons (Fsp3) is 0.368. The predicted molar refractivity (Wildman–Crippen MR) is 97.5 cm³/mol. The second-order valence-electron chi connectivity index (χ2n) is 6.80. The van der Waals surface area contributed by atoms with Crippen LogP contribution in [0.2, 0.25) is 0 Å². The van der Waals surface area contributed by atoms with Crippen LogP contribution in [-0.4, -0.2) is 36.3 Å². The minimum atomic E-state index is 0.626. The Bertz CT molecular complexity index is 851. The first kappa shape index (κ1) is 14.4. The molecule has 0 aliphatic carbocycles. The number of piperidine rings is 1. The van der Waals surface area contributed by atoms with Crippen molar-refractivity contribution < 1.29 is 4.74 Å². The highest BCUT2D eigenvalue weighted by Gasteiger charge is 2.33. The van der Waals surface area contributed by atoms with Crippen LogP contribution in [0, 0.1) is 11.8 Å². The first-order valence-corrected chi connectivity index (χ1v) is 9.37. The summed E-state index contributed by atoms with van der Waals surface area (Å²) in [6, 6.07) is 10.6. The van der Waals surface area contributed by atoms with E-state index in [0.29, 0.717) is 11.8 Å². The number of nitrogens with zero attached hydrogens (tertiary/aromatic N) is 3. The lowest BCUT2D eigenvalue weighted by molar-refractivity contribution is 0.00614. The summed E-state index contributed by atoms with van der Waals surface area (Å²) in [5.41, 5.74) is 2.48. The topological polar surface area (TPSA) is 38.2 Å². The lowest BCUT2D eigenvalue weighted by Crippen LogP contribution is -2.47. The lowest BCUT2D eigenvalue weighted by Gasteiger charge is -2.41. The summed E-state index contributed by atoms with van der Waals surface area (Å²) in [4.78, 5) is 12.7. The molecule has 1 aromatic carbocycles. The molecule has 5 heteroatoms. The van der Waals surface area contributed by atoms with Crippen molar-refractivity contribution in [1.82, 2.24) is 9.97 Å².